The van der Waals surface area contributed by atoms with Crippen molar-refractivity contribution < 1.29 is 14.7 Å². The van der Waals surface area contributed by atoms with Gasteiger partial charge in [-0.2, -0.15) is 0 Å². The maximum atomic E-state index is 12.7. The quantitative estimate of drug-likeness (QED) is 0.910. The highest BCUT2D eigenvalue weighted by Gasteiger charge is 2.35. The number of rotatable bonds is 2. The fourth-order valence-corrected chi connectivity index (χ4v) is 3.62. The first-order chi connectivity index (χ1) is 10.1. The standard InChI is InChI=1S/C17H21NO3/c1-11-5-6-15-12(9-11)7-8-18(15)16(19)13-3-2-4-14(10-13)17(20)21/h5-6,9,13-14H,2-4,7-8,10H2,1H3,(H,20,21). The number of carboxylic acids is 1. The normalized spacial score (nSPS) is 24.7. The molecule has 4 heteroatoms. The van der Waals surface area contributed by atoms with Gasteiger partial charge in [0, 0.05) is 18.2 Å². The second kappa shape index (κ2) is 5.51. The van der Waals surface area contributed by atoms with Crippen LogP contribution in [0, 0.1) is 18.8 Å². The Hall–Kier alpha value is -1.84. The van der Waals surface area contributed by atoms with Gasteiger partial charge in [-0.15, -0.1) is 0 Å². The molecule has 1 N–H and O–H groups in total. The predicted molar refractivity (Wildman–Crippen MR) is 80.3 cm³/mol. The monoisotopic (exact) mass is 287 g/mol. The van der Waals surface area contributed by atoms with Crippen LogP contribution in [0.25, 0.3) is 0 Å². The number of hydrogen-bond acceptors (Lipinski definition) is 2. The number of amides is 1. The molecule has 2 aliphatic rings. The molecule has 1 amide bonds. The third-order valence-electron chi connectivity index (χ3n) is 4.77. The van der Waals surface area contributed by atoms with Crippen molar-refractivity contribution in [1.29, 1.82) is 0 Å². The lowest BCUT2D eigenvalue weighted by Crippen LogP contribution is -2.38. The smallest absolute Gasteiger partial charge is 0.306 e. The highest BCUT2D eigenvalue weighted by Crippen LogP contribution is 2.35. The number of carboxylic acid groups (broad SMARTS) is 1. The number of anilines is 1. The zero-order valence-corrected chi connectivity index (χ0v) is 12.3. The first kappa shape index (κ1) is 14.1. The van der Waals surface area contributed by atoms with Crippen LogP contribution in [0.4, 0.5) is 5.69 Å². The number of carbonyl (C=O) groups is 2. The van der Waals surface area contributed by atoms with E-state index in [9.17, 15) is 9.59 Å². The fraction of sp³-hybridized carbons (Fsp3) is 0.529. The summed E-state index contributed by atoms with van der Waals surface area (Å²) in [6, 6.07) is 6.20. The van der Waals surface area contributed by atoms with Gasteiger partial charge in [0.15, 0.2) is 0 Å². The fourth-order valence-electron chi connectivity index (χ4n) is 3.62. The molecule has 21 heavy (non-hydrogen) atoms. The van der Waals surface area contributed by atoms with Crippen LogP contribution < -0.4 is 4.90 Å². The maximum absolute atomic E-state index is 12.7. The van der Waals surface area contributed by atoms with E-state index in [4.69, 9.17) is 5.11 Å². The van der Waals surface area contributed by atoms with Crippen molar-refractivity contribution in [2.45, 2.75) is 39.0 Å². The number of fused-ring (bicyclic) bond motifs is 1. The first-order valence-corrected chi connectivity index (χ1v) is 7.70. The summed E-state index contributed by atoms with van der Waals surface area (Å²) in [5.41, 5.74) is 3.46. The van der Waals surface area contributed by atoms with Crippen LogP contribution in [-0.4, -0.2) is 23.5 Å². The summed E-state index contributed by atoms with van der Waals surface area (Å²) in [5, 5.41) is 9.17. The highest BCUT2D eigenvalue weighted by molar-refractivity contribution is 5.97. The molecule has 1 fully saturated rings. The number of aliphatic carboxylic acids is 1. The molecular formula is C17H21NO3. The summed E-state index contributed by atoms with van der Waals surface area (Å²) in [6.45, 7) is 2.79. The van der Waals surface area contributed by atoms with Gasteiger partial charge < -0.3 is 10.0 Å². The molecule has 112 valence electrons. The zero-order valence-electron chi connectivity index (χ0n) is 12.3. The maximum Gasteiger partial charge on any atom is 0.306 e. The largest absolute Gasteiger partial charge is 0.481 e. The minimum atomic E-state index is -0.759. The van der Waals surface area contributed by atoms with E-state index in [0.29, 0.717) is 12.8 Å². The van der Waals surface area contributed by atoms with Crippen molar-refractivity contribution in [3.8, 4) is 0 Å². The Labute approximate surface area is 124 Å². The van der Waals surface area contributed by atoms with Crippen LogP contribution in [-0.2, 0) is 16.0 Å². The molecule has 0 spiro atoms. The molecule has 0 radical (unpaired) electrons. The van der Waals surface area contributed by atoms with Crippen LogP contribution in [0.5, 0.6) is 0 Å². The van der Waals surface area contributed by atoms with Crippen LogP contribution >= 0.6 is 0 Å². The van der Waals surface area contributed by atoms with Gasteiger partial charge in [0.25, 0.3) is 0 Å². The van der Waals surface area contributed by atoms with E-state index in [1.807, 2.05) is 17.0 Å². The summed E-state index contributed by atoms with van der Waals surface area (Å²) in [7, 11) is 0. The Morgan fingerprint density at radius 3 is 2.76 bits per heavy atom. The Morgan fingerprint density at radius 2 is 2.00 bits per heavy atom. The lowest BCUT2D eigenvalue weighted by Gasteiger charge is -2.29. The Morgan fingerprint density at radius 1 is 1.24 bits per heavy atom. The lowest BCUT2D eigenvalue weighted by atomic mass is 9.80. The second-order valence-electron chi connectivity index (χ2n) is 6.27. The average Bonchev–Trinajstić information content (AvgIpc) is 2.89. The topological polar surface area (TPSA) is 57.6 Å². The van der Waals surface area contributed by atoms with E-state index >= 15 is 0 Å². The molecule has 0 aromatic heterocycles. The van der Waals surface area contributed by atoms with E-state index in [1.165, 1.54) is 11.1 Å². The second-order valence-corrected chi connectivity index (χ2v) is 6.27. The van der Waals surface area contributed by atoms with Gasteiger partial charge in [-0.1, -0.05) is 24.1 Å². The molecule has 4 nitrogen and oxygen atoms in total. The van der Waals surface area contributed by atoms with Crippen LogP contribution in [0.15, 0.2) is 18.2 Å². The van der Waals surface area contributed by atoms with E-state index in [1.54, 1.807) is 0 Å². The molecule has 1 aromatic rings. The molecule has 1 aromatic carbocycles. The van der Waals surface area contributed by atoms with Crippen LogP contribution in [0.1, 0.15) is 36.8 Å². The molecule has 2 unspecified atom stereocenters. The van der Waals surface area contributed by atoms with E-state index in [-0.39, 0.29) is 17.7 Å². The van der Waals surface area contributed by atoms with Crippen molar-refractivity contribution >= 4 is 17.6 Å². The van der Waals surface area contributed by atoms with Gasteiger partial charge >= 0.3 is 5.97 Å². The molecule has 0 bridgehead atoms. The minimum Gasteiger partial charge on any atom is -0.481 e. The number of benzene rings is 1. The summed E-state index contributed by atoms with van der Waals surface area (Å²) >= 11 is 0. The van der Waals surface area contributed by atoms with Crippen molar-refractivity contribution in [3.63, 3.8) is 0 Å². The van der Waals surface area contributed by atoms with Crippen LogP contribution in [0.3, 0.4) is 0 Å². The number of aryl methyl sites for hydroxylation is 1. The first-order valence-electron chi connectivity index (χ1n) is 7.70. The van der Waals surface area contributed by atoms with Gasteiger partial charge in [0.2, 0.25) is 5.91 Å². The Bertz CT molecular complexity index is 581. The lowest BCUT2D eigenvalue weighted by molar-refractivity contribution is -0.143. The number of nitrogens with zero attached hydrogens (tertiary/aromatic N) is 1. The minimum absolute atomic E-state index is 0.114. The Kier molecular flexibility index (Phi) is 3.70. The van der Waals surface area contributed by atoms with Crippen molar-refractivity contribution in [2.24, 2.45) is 11.8 Å². The summed E-state index contributed by atoms with van der Waals surface area (Å²) in [5.74, 6) is -1.13. The van der Waals surface area contributed by atoms with E-state index in [2.05, 4.69) is 13.0 Å². The predicted octanol–water partition coefficient (Wildman–Crippen LogP) is 2.78. The van der Waals surface area contributed by atoms with Gasteiger partial charge in [-0.3, -0.25) is 9.59 Å². The van der Waals surface area contributed by atoms with Gasteiger partial charge in [0.05, 0.1) is 5.92 Å². The third kappa shape index (κ3) is 2.67. The van der Waals surface area contributed by atoms with Crippen molar-refractivity contribution in [2.75, 3.05) is 11.4 Å². The van der Waals surface area contributed by atoms with Crippen LogP contribution in [0.2, 0.25) is 0 Å². The van der Waals surface area contributed by atoms with Gasteiger partial charge in [0.1, 0.15) is 0 Å². The third-order valence-corrected chi connectivity index (χ3v) is 4.77. The molecule has 1 saturated carbocycles. The highest BCUT2D eigenvalue weighted by atomic mass is 16.4. The SMILES string of the molecule is Cc1ccc2c(c1)CCN2C(=O)C1CCCC(C(=O)O)C1. The van der Waals surface area contributed by atoms with E-state index < -0.39 is 5.97 Å². The van der Waals surface area contributed by atoms with Crippen molar-refractivity contribution in [1.82, 2.24) is 0 Å². The molecule has 1 heterocycles. The van der Waals surface area contributed by atoms with Gasteiger partial charge in [-0.05, 0) is 44.2 Å². The van der Waals surface area contributed by atoms with Gasteiger partial charge in [-0.25, -0.2) is 0 Å². The summed E-state index contributed by atoms with van der Waals surface area (Å²) < 4.78 is 0. The van der Waals surface area contributed by atoms with E-state index in [0.717, 1.165) is 31.5 Å². The summed E-state index contributed by atoms with van der Waals surface area (Å²) in [6.07, 6.45) is 3.75. The average molecular weight is 287 g/mol. The molecular weight excluding hydrogens is 266 g/mol. The van der Waals surface area contributed by atoms with Crippen molar-refractivity contribution in [3.05, 3.63) is 29.3 Å². The molecule has 3 rings (SSSR count). The number of hydrogen-bond donors (Lipinski definition) is 1. The molecule has 1 aliphatic carbocycles. The molecule has 1 aliphatic heterocycles. The molecule has 2 atom stereocenters. The number of carbonyl (C=O) groups excluding carboxylic acids is 1. The Balaban J connectivity index is 1.76. The molecule has 0 saturated heterocycles. The zero-order chi connectivity index (χ0) is 15.0. The summed E-state index contributed by atoms with van der Waals surface area (Å²) in [4.78, 5) is 25.8.